The number of rotatable bonds is 24. The van der Waals surface area contributed by atoms with Crippen molar-refractivity contribution in [2.75, 3.05) is 6.61 Å². The van der Waals surface area contributed by atoms with Crippen LogP contribution in [0.2, 0.25) is 0 Å². The van der Waals surface area contributed by atoms with E-state index in [4.69, 9.17) is 15.2 Å². The van der Waals surface area contributed by atoms with E-state index in [9.17, 15) is 58.5 Å². The summed E-state index contributed by atoms with van der Waals surface area (Å²) in [5, 5.41) is 40.5. The van der Waals surface area contributed by atoms with Crippen LogP contribution in [0.4, 0.5) is 4.79 Å². The Balaban J connectivity index is 1.53. The summed E-state index contributed by atoms with van der Waals surface area (Å²) in [6.45, 7) is 6.16. The summed E-state index contributed by atoms with van der Waals surface area (Å²) in [6, 6.07) is 15.2. The van der Waals surface area contributed by atoms with Crippen LogP contribution in [-0.4, -0.2) is 117 Å². The number of alkyl carbamates (subject to hydrolysis) is 1. The van der Waals surface area contributed by atoms with Crippen molar-refractivity contribution in [1.29, 1.82) is 0 Å². The second-order valence-electron chi connectivity index (χ2n) is 16.7. The number of hydrogen-bond acceptors (Lipinski definition) is 11. The fraction of sp³-hybridized carbons (Fsp3) is 0.413. The summed E-state index contributed by atoms with van der Waals surface area (Å²) in [7, 11) is 0. The molecule has 1 aliphatic rings. The van der Waals surface area contributed by atoms with Crippen molar-refractivity contribution in [3.63, 3.8) is 0 Å². The molecule has 0 fully saturated rings. The van der Waals surface area contributed by atoms with Crippen LogP contribution >= 0.6 is 0 Å². The molecule has 0 saturated carbocycles. The maximum Gasteiger partial charge on any atom is 0.407 e. The molecule has 0 heterocycles. The van der Waals surface area contributed by atoms with Crippen LogP contribution in [0.25, 0.3) is 11.1 Å². The molecular weight excluding hydrogens is 861 g/mol. The summed E-state index contributed by atoms with van der Waals surface area (Å²) < 4.78 is 11.5. The van der Waals surface area contributed by atoms with Gasteiger partial charge in [0.15, 0.2) is 0 Å². The molecular formula is C46H56N6O14. The second-order valence-corrected chi connectivity index (χ2v) is 16.7. The molecule has 6 atom stereocenters. The minimum atomic E-state index is -1.83. The number of carboxylic acids is 3. The monoisotopic (exact) mass is 916 g/mol. The summed E-state index contributed by atoms with van der Waals surface area (Å²) in [4.78, 5) is 116. The van der Waals surface area contributed by atoms with Crippen molar-refractivity contribution < 1.29 is 67.9 Å². The minimum Gasteiger partial charge on any atom is -0.481 e. The molecule has 0 bridgehead atoms. The number of carboxylic acid groups (broad SMARTS) is 3. The largest absolute Gasteiger partial charge is 0.481 e. The van der Waals surface area contributed by atoms with Crippen molar-refractivity contribution in [1.82, 2.24) is 26.6 Å². The molecule has 20 nitrogen and oxygen atoms in total. The highest BCUT2D eigenvalue weighted by Crippen LogP contribution is 2.44. The van der Waals surface area contributed by atoms with Crippen molar-refractivity contribution in [2.24, 2.45) is 5.73 Å². The van der Waals surface area contributed by atoms with E-state index in [1.807, 2.05) is 48.5 Å². The number of nitrogens with two attached hydrogens (primary N) is 1. The van der Waals surface area contributed by atoms with Crippen molar-refractivity contribution in [3.8, 4) is 11.1 Å². The van der Waals surface area contributed by atoms with E-state index in [0.717, 1.165) is 22.3 Å². The van der Waals surface area contributed by atoms with Crippen LogP contribution in [0.3, 0.4) is 0 Å². The first-order chi connectivity index (χ1) is 31.1. The van der Waals surface area contributed by atoms with Gasteiger partial charge in [-0.2, -0.15) is 0 Å². The molecule has 6 amide bonds. The molecule has 66 heavy (non-hydrogen) atoms. The standard InChI is InChI=1S/C46H56N6O14/c1-25(66-46(2,3)4)39(43(61)48-32(18-20-37(54)55)40(58)50-35(44(62)63)22-26-12-6-5-7-13-26)52-42(60)34(23-36(47)53)49-41(59)33(19-21-38(56)57)51-45(64)65-24-31-29-16-10-8-14-27(29)28-15-9-11-17-30(28)31/h5-17,25,31-35,39H,18-24H2,1-4H3,(H2,47,53)(H,48,61)(H,49,59)(H,50,58)(H,51,64)(H,52,60)(H,54,55)(H,56,57)(H,62,63)/t25-,32+,33+,34+,35+,39+/m1/s1. The molecule has 0 spiro atoms. The highest BCUT2D eigenvalue weighted by Gasteiger charge is 2.37. The number of aliphatic carboxylic acids is 3. The minimum absolute atomic E-state index is 0.148. The fourth-order valence-corrected chi connectivity index (χ4v) is 7.40. The Kier molecular flexibility index (Phi) is 18.3. The predicted molar refractivity (Wildman–Crippen MR) is 235 cm³/mol. The molecule has 0 aromatic heterocycles. The van der Waals surface area contributed by atoms with E-state index in [0.29, 0.717) is 5.56 Å². The van der Waals surface area contributed by atoms with E-state index >= 15 is 0 Å². The topological polar surface area (TPSA) is 319 Å². The SMILES string of the molecule is C[C@@H](OC(C)(C)C)[C@H](NC(=O)[C@H](CC(N)=O)NC(=O)[C@H](CCC(=O)O)NC(=O)OCC1c2ccccc2-c2ccccc21)C(=O)N[C@@H](CCC(=O)O)C(=O)N[C@@H](Cc1ccccc1)C(=O)O. The van der Waals surface area contributed by atoms with Gasteiger partial charge in [-0.05, 0) is 68.4 Å². The average Bonchev–Trinajstić information content (AvgIpc) is 3.56. The molecule has 3 aromatic rings. The lowest BCUT2D eigenvalue weighted by atomic mass is 9.98. The zero-order valence-electron chi connectivity index (χ0n) is 36.9. The molecule has 3 aromatic carbocycles. The average molecular weight is 917 g/mol. The zero-order valence-corrected chi connectivity index (χ0v) is 36.9. The van der Waals surface area contributed by atoms with Gasteiger partial charge in [0.05, 0.1) is 18.1 Å². The van der Waals surface area contributed by atoms with Crippen LogP contribution in [0, 0.1) is 0 Å². The number of carbonyl (C=O) groups is 9. The van der Waals surface area contributed by atoms with Gasteiger partial charge >= 0.3 is 24.0 Å². The summed E-state index contributed by atoms with van der Waals surface area (Å²) >= 11 is 0. The maximum absolute atomic E-state index is 14.1. The number of benzene rings is 3. The third-order valence-corrected chi connectivity index (χ3v) is 10.4. The molecule has 0 aliphatic heterocycles. The van der Waals surface area contributed by atoms with Crippen molar-refractivity contribution >= 4 is 53.5 Å². The second kappa shape index (κ2) is 23.5. The highest BCUT2D eigenvalue weighted by atomic mass is 16.5. The van der Waals surface area contributed by atoms with E-state index < -0.39 is 128 Å². The van der Waals surface area contributed by atoms with Gasteiger partial charge in [0.25, 0.3) is 0 Å². The first-order valence-electron chi connectivity index (χ1n) is 21.1. The normalized spacial score (nSPS) is 14.6. The van der Waals surface area contributed by atoms with Crippen LogP contribution in [0.15, 0.2) is 78.9 Å². The van der Waals surface area contributed by atoms with Gasteiger partial charge in [-0.25, -0.2) is 9.59 Å². The number of nitrogens with one attached hydrogen (secondary N) is 5. The van der Waals surface area contributed by atoms with Gasteiger partial charge in [-0.1, -0.05) is 78.9 Å². The number of hydrogen-bond donors (Lipinski definition) is 9. The number of carbonyl (C=O) groups excluding carboxylic acids is 6. The molecule has 0 radical (unpaired) electrons. The quantitative estimate of drug-likeness (QED) is 0.0621. The zero-order chi connectivity index (χ0) is 48.7. The smallest absolute Gasteiger partial charge is 0.407 e. The Morgan fingerprint density at radius 2 is 1.09 bits per heavy atom. The number of primary amides is 1. The van der Waals surface area contributed by atoms with Crippen molar-refractivity contribution in [2.45, 2.75) is 114 Å². The number of ether oxygens (including phenoxy) is 2. The first kappa shape index (κ1) is 51.3. The van der Waals surface area contributed by atoms with Gasteiger partial charge in [0.1, 0.15) is 36.8 Å². The molecule has 0 unspecified atom stereocenters. The van der Waals surface area contributed by atoms with E-state index in [-0.39, 0.29) is 18.9 Å². The number of amides is 6. The summed E-state index contributed by atoms with van der Waals surface area (Å²) in [6.07, 6.45) is -5.54. The lowest BCUT2D eigenvalue weighted by molar-refractivity contribution is -0.144. The Morgan fingerprint density at radius 3 is 1.59 bits per heavy atom. The van der Waals surface area contributed by atoms with Gasteiger partial charge in [-0.3, -0.25) is 33.6 Å². The Bertz CT molecular complexity index is 2220. The maximum atomic E-state index is 14.1. The number of fused-ring (bicyclic) bond motifs is 3. The van der Waals surface area contributed by atoms with Crippen LogP contribution in [0.1, 0.15) is 82.4 Å². The van der Waals surface area contributed by atoms with E-state index in [2.05, 4.69) is 26.6 Å². The molecule has 4 rings (SSSR count). The van der Waals surface area contributed by atoms with Crippen LogP contribution < -0.4 is 32.3 Å². The Hall–Kier alpha value is -7.35. The molecule has 354 valence electrons. The van der Waals surface area contributed by atoms with E-state index in [1.165, 1.54) is 6.92 Å². The lowest BCUT2D eigenvalue weighted by Gasteiger charge is -2.32. The highest BCUT2D eigenvalue weighted by molar-refractivity contribution is 5.98. The third kappa shape index (κ3) is 15.4. The molecule has 0 saturated heterocycles. The molecule has 10 N–H and O–H groups in total. The molecule has 20 heteroatoms. The summed E-state index contributed by atoms with van der Waals surface area (Å²) in [5.41, 5.74) is 8.81. The van der Waals surface area contributed by atoms with Crippen molar-refractivity contribution in [3.05, 3.63) is 95.6 Å². The third-order valence-electron chi connectivity index (χ3n) is 10.4. The van der Waals surface area contributed by atoms with E-state index in [1.54, 1.807) is 51.1 Å². The van der Waals surface area contributed by atoms with Gasteiger partial charge in [0.2, 0.25) is 29.5 Å². The van der Waals surface area contributed by atoms with Gasteiger partial charge in [-0.15, -0.1) is 0 Å². The Morgan fingerprint density at radius 1 is 0.621 bits per heavy atom. The Labute approximate surface area is 380 Å². The predicted octanol–water partition coefficient (Wildman–Crippen LogP) is 1.97. The van der Waals surface area contributed by atoms with Crippen LogP contribution in [0.5, 0.6) is 0 Å². The van der Waals surface area contributed by atoms with Crippen LogP contribution in [-0.2, 0) is 54.3 Å². The first-order valence-corrected chi connectivity index (χ1v) is 21.1. The lowest BCUT2D eigenvalue weighted by Crippen LogP contribution is -2.62. The fourth-order valence-electron chi connectivity index (χ4n) is 7.40. The summed E-state index contributed by atoms with van der Waals surface area (Å²) in [5.74, 6) is -9.93. The molecule has 1 aliphatic carbocycles. The van der Waals surface area contributed by atoms with Gasteiger partial charge in [0, 0.05) is 25.2 Å². The van der Waals surface area contributed by atoms with Gasteiger partial charge < -0.3 is 57.1 Å².